The molecule has 1 rings (SSSR count). The first-order valence-corrected chi connectivity index (χ1v) is 5.08. The van der Waals surface area contributed by atoms with E-state index in [-0.39, 0.29) is 0 Å². The third-order valence-electron chi connectivity index (χ3n) is 2.30. The van der Waals surface area contributed by atoms with Gasteiger partial charge >= 0.3 is 0 Å². The van der Waals surface area contributed by atoms with E-state index in [1.807, 2.05) is 32.1 Å². The zero-order valence-electron chi connectivity index (χ0n) is 9.75. The van der Waals surface area contributed by atoms with Crippen molar-refractivity contribution in [1.29, 1.82) is 5.26 Å². The van der Waals surface area contributed by atoms with Crippen LogP contribution in [0.4, 0.5) is 0 Å². The Balaban J connectivity index is 2.98. The molecule has 1 aromatic carbocycles. The highest BCUT2D eigenvalue weighted by molar-refractivity contribution is 5.77. The van der Waals surface area contributed by atoms with Crippen LogP contribution in [-0.2, 0) is 0 Å². The fourth-order valence-electron chi connectivity index (χ4n) is 1.43. The molecule has 0 unspecified atom stereocenters. The standard InChI is InChI=1S/C15H15N/c1-11(2)9-12(3)13(4)15-7-5-14(10-16)6-8-15/h5-9H,1,4H2,2-3H3/b12-9-. The minimum atomic E-state index is 0.665. The second kappa shape index (κ2) is 5.14. The Hall–Kier alpha value is -2.07. The average Bonchev–Trinajstić information content (AvgIpc) is 2.27. The minimum Gasteiger partial charge on any atom is -0.192 e. The molecule has 0 saturated heterocycles. The van der Waals surface area contributed by atoms with Crippen molar-refractivity contribution in [3.05, 3.63) is 65.8 Å². The average molecular weight is 209 g/mol. The maximum absolute atomic E-state index is 8.70. The van der Waals surface area contributed by atoms with Crippen molar-refractivity contribution in [2.75, 3.05) is 0 Å². The maximum atomic E-state index is 8.70. The van der Waals surface area contributed by atoms with Gasteiger partial charge in [-0.25, -0.2) is 0 Å². The molecule has 0 heterocycles. The SMILES string of the molecule is C=C(C)/C=C(/C)C(=C)c1ccc(C#N)cc1. The second-order valence-corrected chi connectivity index (χ2v) is 3.84. The number of rotatable bonds is 3. The van der Waals surface area contributed by atoms with Crippen LogP contribution in [0.3, 0.4) is 0 Å². The van der Waals surface area contributed by atoms with Crippen LogP contribution in [0.25, 0.3) is 5.57 Å². The molecule has 0 N–H and O–H groups in total. The number of nitrogens with zero attached hydrogens (tertiary/aromatic N) is 1. The van der Waals surface area contributed by atoms with E-state index in [0.717, 1.165) is 22.3 Å². The van der Waals surface area contributed by atoms with Gasteiger partial charge in [-0.3, -0.25) is 0 Å². The molecule has 0 aliphatic carbocycles. The maximum Gasteiger partial charge on any atom is 0.0991 e. The van der Waals surface area contributed by atoms with Crippen LogP contribution in [0.15, 0.2) is 54.6 Å². The first-order valence-electron chi connectivity index (χ1n) is 5.08. The molecule has 1 heteroatoms. The van der Waals surface area contributed by atoms with E-state index in [2.05, 4.69) is 19.2 Å². The second-order valence-electron chi connectivity index (χ2n) is 3.84. The van der Waals surface area contributed by atoms with Crippen molar-refractivity contribution in [1.82, 2.24) is 0 Å². The molecule has 0 aliphatic heterocycles. The lowest BCUT2D eigenvalue weighted by Gasteiger charge is -2.06. The minimum absolute atomic E-state index is 0.665. The highest BCUT2D eigenvalue weighted by atomic mass is 14.2. The van der Waals surface area contributed by atoms with Crippen LogP contribution in [0.1, 0.15) is 25.0 Å². The molecule has 0 spiro atoms. The van der Waals surface area contributed by atoms with Gasteiger partial charge in [0.15, 0.2) is 0 Å². The molecule has 0 fully saturated rings. The summed E-state index contributed by atoms with van der Waals surface area (Å²) in [5.41, 5.74) is 4.77. The monoisotopic (exact) mass is 209 g/mol. The van der Waals surface area contributed by atoms with Gasteiger partial charge in [0.25, 0.3) is 0 Å². The van der Waals surface area contributed by atoms with Gasteiger partial charge in [-0.05, 0) is 42.7 Å². The summed E-state index contributed by atoms with van der Waals surface area (Å²) in [7, 11) is 0. The van der Waals surface area contributed by atoms with Crippen LogP contribution in [0.2, 0.25) is 0 Å². The summed E-state index contributed by atoms with van der Waals surface area (Å²) in [6.07, 6.45) is 2.00. The van der Waals surface area contributed by atoms with Gasteiger partial charge in [0.05, 0.1) is 11.6 Å². The van der Waals surface area contributed by atoms with Gasteiger partial charge in [-0.15, -0.1) is 0 Å². The fourth-order valence-corrected chi connectivity index (χ4v) is 1.43. The van der Waals surface area contributed by atoms with Crippen LogP contribution in [-0.4, -0.2) is 0 Å². The van der Waals surface area contributed by atoms with E-state index >= 15 is 0 Å². The zero-order valence-corrected chi connectivity index (χ0v) is 9.75. The summed E-state index contributed by atoms with van der Waals surface area (Å²) in [6, 6.07) is 9.52. The molecule has 0 atom stereocenters. The number of benzene rings is 1. The smallest absolute Gasteiger partial charge is 0.0991 e. The summed E-state index contributed by atoms with van der Waals surface area (Å²) in [6.45, 7) is 11.8. The molecule has 0 bridgehead atoms. The number of nitriles is 1. The molecule has 0 aromatic heterocycles. The number of hydrogen-bond acceptors (Lipinski definition) is 1. The van der Waals surface area contributed by atoms with Crippen molar-refractivity contribution >= 4 is 5.57 Å². The lowest BCUT2D eigenvalue weighted by molar-refractivity contribution is 1.43. The van der Waals surface area contributed by atoms with Gasteiger partial charge in [0.1, 0.15) is 0 Å². The molecular weight excluding hydrogens is 194 g/mol. The third-order valence-corrected chi connectivity index (χ3v) is 2.30. The molecular formula is C15H15N. The highest BCUT2D eigenvalue weighted by Gasteiger charge is 2.01. The predicted molar refractivity (Wildman–Crippen MR) is 68.8 cm³/mol. The quantitative estimate of drug-likeness (QED) is 0.688. The Kier molecular flexibility index (Phi) is 3.85. The van der Waals surface area contributed by atoms with Crippen molar-refractivity contribution < 1.29 is 0 Å². The van der Waals surface area contributed by atoms with E-state index < -0.39 is 0 Å². The molecule has 0 amide bonds. The predicted octanol–water partition coefficient (Wildman–Crippen LogP) is 4.09. The first kappa shape index (κ1) is 12.0. The van der Waals surface area contributed by atoms with Crippen molar-refractivity contribution in [2.45, 2.75) is 13.8 Å². The van der Waals surface area contributed by atoms with Crippen LogP contribution in [0, 0.1) is 11.3 Å². The summed E-state index contributed by atoms with van der Waals surface area (Å²) in [5, 5.41) is 8.70. The molecule has 0 radical (unpaired) electrons. The third kappa shape index (κ3) is 2.96. The molecule has 80 valence electrons. The van der Waals surface area contributed by atoms with E-state index in [1.54, 1.807) is 12.1 Å². The van der Waals surface area contributed by atoms with Crippen LogP contribution in [0.5, 0.6) is 0 Å². The summed E-state index contributed by atoms with van der Waals surface area (Å²) < 4.78 is 0. The molecule has 16 heavy (non-hydrogen) atoms. The number of hydrogen-bond donors (Lipinski definition) is 0. The molecule has 1 aromatic rings. The molecule has 1 nitrogen and oxygen atoms in total. The van der Waals surface area contributed by atoms with Gasteiger partial charge < -0.3 is 0 Å². The highest BCUT2D eigenvalue weighted by Crippen LogP contribution is 2.21. The Morgan fingerprint density at radius 2 is 1.75 bits per heavy atom. The van der Waals surface area contributed by atoms with E-state index in [0.29, 0.717) is 5.56 Å². The largest absolute Gasteiger partial charge is 0.192 e. The first-order chi connectivity index (χ1) is 7.54. The number of allylic oxidation sites excluding steroid dienone is 4. The van der Waals surface area contributed by atoms with E-state index in [9.17, 15) is 0 Å². The lowest BCUT2D eigenvalue weighted by atomic mass is 9.98. The Morgan fingerprint density at radius 1 is 1.19 bits per heavy atom. The van der Waals surface area contributed by atoms with Gasteiger partial charge in [0, 0.05) is 0 Å². The molecule has 0 saturated carbocycles. The Labute approximate surface area is 97.0 Å². The van der Waals surface area contributed by atoms with Crippen molar-refractivity contribution in [3.63, 3.8) is 0 Å². The fraction of sp³-hybridized carbons (Fsp3) is 0.133. The molecule has 0 aliphatic rings. The van der Waals surface area contributed by atoms with E-state index in [4.69, 9.17) is 5.26 Å². The summed E-state index contributed by atoms with van der Waals surface area (Å²) in [5.74, 6) is 0. The van der Waals surface area contributed by atoms with Crippen molar-refractivity contribution in [2.24, 2.45) is 0 Å². The van der Waals surface area contributed by atoms with Gasteiger partial charge in [-0.2, -0.15) is 5.26 Å². The Morgan fingerprint density at radius 3 is 2.19 bits per heavy atom. The van der Waals surface area contributed by atoms with Gasteiger partial charge in [-0.1, -0.05) is 36.9 Å². The van der Waals surface area contributed by atoms with Crippen LogP contribution < -0.4 is 0 Å². The Bertz CT molecular complexity index is 481. The van der Waals surface area contributed by atoms with Crippen LogP contribution >= 0.6 is 0 Å². The zero-order chi connectivity index (χ0) is 12.1. The summed E-state index contributed by atoms with van der Waals surface area (Å²) in [4.78, 5) is 0. The van der Waals surface area contributed by atoms with Gasteiger partial charge in [0.2, 0.25) is 0 Å². The van der Waals surface area contributed by atoms with E-state index in [1.165, 1.54) is 0 Å². The topological polar surface area (TPSA) is 23.8 Å². The lowest BCUT2D eigenvalue weighted by Crippen LogP contribution is -1.86. The normalized spacial score (nSPS) is 10.7. The summed E-state index contributed by atoms with van der Waals surface area (Å²) >= 11 is 0. The van der Waals surface area contributed by atoms with Crippen molar-refractivity contribution in [3.8, 4) is 6.07 Å².